The molecule has 4 nitrogen and oxygen atoms in total. The van der Waals surface area contributed by atoms with Gasteiger partial charge in [-0.05, 0) is 39.3 Å². The number of piperidine rings is 1. The zero-order valence-electron chi connectivity index (χ0n) is 10.8. The summed E-state index contributed by atoms with van der Waals surface area (Å²) in [6.07, 6.45) is 2.63. The Labute approximate surface area is 98.8 Å². The Bertz CT molecular complexity index is 220. The molecule has 1 heterocycles. The highest BCUT2D eigenvalue weighted by Crippen LogP contribution is 2.15. The van der Waals surface area contributed by atoms with E-state index in [4.69, 9.17) is 0 Å². The molecule has 2 N–H and O–H groups in total. The van der Waals surface area contributed by atoms with Gasteiger partial charge >= 0.3 is 0 Å². The number of likely N-dealkylation sites (N-methyl/N-ethyl adjacent to an activating group) is 1. The molecule has 0 bridgehead atoms. The van der Waals surface area contributed by atoms with Crippen molar-refractivity contribution in [2.24, 2.45) is 5.92 Å². The molecule has 16 heavy (non-hydrogen) atoms. The molecular formula is C12H25N3O. The number of amides is 1. The molecule has 0 saturated carbocycles. The molecule has 4 heteroatoms. The highest BCUT2D eigenvalue weighted by Gasteiger charge is 2.18. The lowest BCUT2D eigenvalue weighted by atomic mass is 10.00. The van der Waals surface area contributed by atoms with Gasteiger partial charge < -0.3 is 15.5 Å². The summed E-state index contributed by atoms with van der Waals surface area (Å²) in [7, 11) is 1.79. The number of nitrogens with one attached hydrogen (secondary N) is 2. The Morgan fingerprint density at radius 3 is 2.94 bits per heavy atom. The second-order valence-electron chi connectivity index (χ2n) is 5.01. The van der Waals surface area contributed by atoms with Crippen molar-refractivity contribution in [1.82, 2.24) is 15.5 Å². The molecule has 1 aliphatic rings. The SMILES string of the molecule is CNCC(=O)NC(C)CN1CCCC(C)C1. The summed E-state index contributed by atoms with van der Waals surface area (Å²) in [6, 6.07) is 0.242. The molecule has 0 aromatic rings. The monoisotopic (exact) mass is 227 g/mol. The van der Waals surface area contributed by atoms with E-state index >= 15 is 0 Å². The maximum atomic E-state index is 11.4. The van der Waals surface area contributed by atoms with Crippen molar-refractivity contribution in [3.63, 3.8) is 0 Å². The van der Waals surface area contributed by atoms with Gasteiger partial charge in [0.1, 0.15) is 0 Å². The summed E-state index contributed by atoms with van der Waals surface area (Å²) in [5.74, 6) is 0.883. The van der Waals surface area contributed by atoms with Crippen molar-refractivity contribution >= 4 is 5.91 Å². The van der Waals surface area contributed by atoms with Crippen molar-refractivity contribution < 1.29 is 4.79 Å². The van der Waals surface area contributed by atoms with Crippen molar-refractivity contribution in [1.29, 1.82) is 0 Å². The van der Waals surface area contributed by atoms with Crippen LogP contribution in [0.1, 0.15) is 26.7 Å². The van der Waals surface area contributed by atoms with Crippen molar-refractivity contribution in [2.45, 2.75) is 32.7 Å². The number of rotatable bonds is 5. The van der Waals surface area contributed by atoms with Gasteiger partial charge in [-0.1, -0.05) is 6.92 Å². The molecule has 1 rings (SSSR count). The van der Waals surface area contributed by atoms with Gasteiger partial charge in [0.25, 0.3) is 0 Å². The highest BCUT2D eigenvalue weighted by atomic mass is 16.1. The molecule has 2 atom stereocenters. The minimum atomic E-state index is 0.0834. The molecule has 0 radical (unpaired) electrons. The fraction of sp³-hybridized carbons (Fsp3) is 0.917. The van der Waals surface area contributed by atoms with Gasteiger partial charge in [0.15, 0.2) is 0 Å². The molecule has 0 aromatic carbocycles. The van der Waals surface area contributed by atoms with Crippen LogP contribution in [0.15, 0.2) is 0 Å². The van der Waals surface area contributed by atoms with Crippen LogP contribution in [0.4, 0.5) is 0 Å². The third kappa shape index (κ3) is 4.94. The van der Waals surface area contributed by atoms with E-state index in [-0.39, 0.29) is 11.9 Å². The molecule has 1 saturated heterocycles. The van der Waals surface area contributed by atoms with Gasteiger partial charge in [0, 0.05) is 19.1 Å². The van der Waals surface area contributed by atoms with E-state index in [9.17, 15) is 4.79 Å². The van der Waals surface area contributed by atoms with Crippen LogP contribution in [0.25, 0.3) is 0 Å². The third-order valence-electron chi connectivity index (χ3n) is 3.02. The van der Waals surface area contributed by atoms with E-state index in [1.54, 1.807) is 7.05 Å². The number of hydrogen-bond acceptors (Lipinski definition) is 3. The van der Waals surface area contributed by atoms with Gasteiger partial charge in [-0.2, -0.15) is 0 Å². The first-order valence-electron chi connectivity index (χ1n) is 6.28. The van der Waals surface area contributed by atoms with Crippen molar-refractivity contribution in [2.75, 3.05) is 33.2 Å². The minimum absolute atomic E-state index is 0.0834. The summed E-state index contributed by atoms with van der Waals surface area (Å²) in [5, 5.41) is 5.86. The number of likely N-dealkylation sites (tertiary alicyclic amines) is 1. The van der Waals surface area contributed by atoms with Crippen molar-refractivity contribution in [3.8, 4) is 0 Å². The lowest BCUT2D eigenvalue weighted by molar-refractivity contribution is -0.120. The van der Waals surface area contributed by atoms with E-state index < -0.39 is 0 Å². The standard InChI is InChI=1S/C12H25N3O/c1-10-5-4-6-15(8-10)9-11(2)14-12(16)7-13-3/h10-11,13H,4-9H2,1-3H3,(H,14,16). The Morgan fingerprint density at radius 2 is 2.31 bits per heavy atom. The first-order valence-corrected chi connectivity index (χ1v) is 6.28. The summed E-state index contributed by atoms with van der Waals surface area (Å²) >= 11 is 0. The van der Waals surface area contributed by atoms with Crippen LogP contribution >= 0.6 is 0 Å². The normalized spacial score (nSPS) is 24.1. The van der Waals surface area contributed by atoms with Crippen LogP contribution in [0.5, 0.6) is 0 Å². The van der Waals surface area contributed by atoms with Crippen molar-refractivity contribution in [3.05, 3.63) is 0 Å². The van der Waals surface area contributed by atoms with Crippen LogP contribution in [-0.4, -0.2) is 50.1 Å². The molecule has 0 aliphatic carbocycles. The van der Waals surface area contributed by atoms with E-state index in [0.29, 0.717) is 6.54 Å². The smallest absolute Gasteiger partial charge is 0.234 e. The lowest BCUT2D eigenvalue weighted by Crippen LogP contribution is -2.46. The van der Waals surface area contributed by atoms with E-state index in [1.165, 1.54) is 25.9 Å². The number of carbonyl (C=O) groups is 1. The first-order chi connectivity index (χ1) is 7.61. The Morgan fingerprint density at radius 1 is 1.56 bits per heavy atom. The van der Waals surface area contributed by atoms with E-state index in [1.807, 2.05) is 0 Å². The fourth-order valence-electron chi connectivity index (χ4n) is 2.37. The van der Waals surface area contributed by atoms with Gasteiger partial charge in [-0.25, -0.2) is 0 Å². The molecule has 2 unspecified atom stereocenters. The summed E-state index contributed by atoms with van der Waals surface area (Å²) < 4.78 is 0. The fourth-order valence-corrected chi connectivity index (χ4v) is 2.37. The molecular weight excluding hydrogens is 202 g/mol. The Hall–Kier alpha value is -0.610. The first kappa shape index (κ1) is 13.5. The zero-order valence-corrected chi connectivity index (χ0v) is 10.8. The molecule has 0 aromatic heterocycles. The second-order valence-corrected chi connectivity index (χ2v) is 5.01. The highest BCUT2D eigenvalue weighted by molar-refractivity contribution is 5.78. The average Bonchev–Trinajstić information content (AvgIpc) is 2.17. The van der Waals surface area contributed by atoms with Gasteiger partial charge in [-0.3, -0.25) is 4.79 Å². The van der Waals surface area contributed by atoms with Gasteiger partial charge in [0.2, 0.25) is 5.91 Å². The topological polar surface area (TPSA) is 44.4 Å². The van der Waals surface area contributed by atoms with Crippen LogP contribution in [0.2, 0.25) is 0 Å². The molecule has 0 spiro atoms. The predicted octanol–water partition coefficient (Wildman–Crippen LogP) is 0.442. The minimum Gasteiger partial charge on any atom is -0.351 e. The summed E-state index contributed by atoms with van der Waals surface area (Å²) in [4.78, 5) is 13.8. The van der Waals surface area contributed by atoms with E-state index in [0.717, 1.165) is 12.5 Å². The van der Waals surface area contributed by atoms with Gasteiger partial charge in [-0.15, -0.1) is 0 Å². The van der Waals surface area contributed by atoms with E-state index in [2.05, 4.69) is 29.4 Å². The second kappa shape index (κ2) is 6.86. The predicted molar refractivity (Wildman–Crippen MR) is 66.4 cm³/mol. The average molecular weight is 227 g/mol. The van der Waals surface area contributed by atoms with Crippen LogP contribution in [0.3, 0.4) is 0 Å². The van der Waals surface area contributed by atoms with Crippen LogP contribution < -0.4 is 10.6 Å². The summed E-state index contributed by atoms with van der Waals surface area (Å²) in [6.45, 7) is 8.10. The molecule has 94 valence electrons. The number of carbonyl (C=O) groups excluding carboxylic acids is 1. The maximum Gasteiger partial charge on any atom is 0.234 e. The third-order valence-corrected chi connectivity index (χ3v) is 3.02. The zero-order chi connectivity index (χ0) is 12.0. The molecule has 1 aliphatic heterocycles. The maximum absolute atomic E-state index is 11.4. The van der Waals surface area contributed by atoms with Crippen LogP contribution in [-0.2, 0) is 4.79 Å². The Balaban J connectivity index is 2.22. The van der Waals surface area contributed by atoms with Crippen LogP contribution in [0, 0.1) is 5.92 Å². The molecule has 1 fully saturated rings. The Kier molecular flexibility index (Phi) is 5.77. The lowest BCUT2D eigenvalue weighted by Gasteiger charge is -2.32. The van der Waals surface area contributed by atoms with Gasteiger partial charge in [0.05, 0.1) is 6.54 Å². The number of hydrogen-bond donors (Lipinski definition) is 2. The quantitative estimate of drug-likeness (QED) is 0.716. The number of nitrogens with zero attached hydrogens (tertiary/aromatic N) is 1. The molecule has 1 amide bonds. The summed E-state index contributed by atoms with van der Waals surface area (Å²) in [5.41, 5.74) is 0. The largest absolute Gasteiger partial charge is 0.351 e.